The molecule has 0 saturated heterocycles. The number of benzene rings is 2. The first kappa shape index (κ1) is 14.9. The van der Waals surface area contributed by atoms with E-state index >= 15 is 0 Å². The Labute approximate surface area is 143 Å². The molecule has 4 aromatic rings. The van der Waals surface area contributed by atoms with Gasteiger partial charge in [-0.05, 0) is 41.1 Å². The molecular formula is C19H16N2O2S. The number of amides is 1. The van der Waals surface area contributed by atoms with Gasteiger partial charge in [0.25, 0.3) is 5.91 Å². The summed E-state index contributed by atoms with van der Waals surface area (Å²) >= 11 is 1.57. The number of anilines is 1. The lowest BCUT2D eigenvalue weighted by atomic mass is 10.1. The maximum atomic E-state index is 12.6. The van der Waals surface area contributed by atoms with Crippen LogP contribution >= 0.6 is 11.3 Å². The van der Waals surface area contributed by atoms with E-state index in [0.717, 1.165) is 21.2 Å². The van der Waals surface area contributed by atoms with Gasteiger partial charge >= 0.3 is 0 Å². The van der Waals surface area contributed by atoms with Gasteiger partial charge in [-0.25, -0.2) is 4.98 Å². The minimum atomic E-state index is -0.116. The predicted molar refractivity (Wildman–Crippen MR) is 97.9 cm³/mol. The molecule has 0 fully saturated rings. The molecule has 0 saturated carbocycles. The first-order chi connectivity index (χ1) is 11.6. The van der Waals surface area contributed by atoms with Gasteiger partial charge in [-0.2, -0.15) is 0 Å². The Morgan fingerprint density at radius 1 is 1.21 bits per heavy atom. The summed E-state index contributed by atoms with van der Waals surface area (Å²) in [6.45, 7) is 4.07. The molecule has 0 unspecified atom stereocenters. The van der Waals surface area contributed by atoms with Crippen LogP contribution in [0.5, 0.6) is 0 Å². The minimum absolute atomic E-state index is 0.116. The van der Waals surface area contributed by atoms with Crippen molar-refractivity contribution in [1.82, 2.24) is 4.98 Å². The van der Waals surface area contributed by atoms with E-state index in [1.807, 2.05) is 61.7 Å². The third-order valence-electron chi connectivity index (χ3n) is 3.88. The molecule has 0 atom stereocenters. The number of nitrogens with one attached hydrogen (secondary N) is 1. The molecule has 0 aliphatic heterocycles. The van der Waals surface area contributed by atoms with E-state index < -0.39 is 0 Å². The number of carbonyl (C=O) groups excluding carboxylic acids is 1. The molecule has 4 rings (SSSR count). The van der Waals surface area contributed by atoms with Crippen molar-refractivity contribution in [1.29, 1.82) is 0 Å². The van der Waals surface area contributed by atoms with E-state index in [-0.39, 0.29) is 11.8 Å². The van der Waals surface area contributed by atoms with Gasteiger partial charge in [-0.15, -0.1) is 11.3 Å². The van der Waals surface area contributed by atoms with Crippen LogP contribution in [0.1, 0.15) is 36.0 Å². The summed E-state index contributed by atoms with van der Waals surface area (Å²) in [6, 6.07) is 13.3. The van der Waals surface area contributed by atoms with Crippen LogP contribution in [0.4, 0.5) is 5.69 Å². The summed E-state index contributed by atoms with van der Waals surface area (Å²) in [7, 11) is 0. The first-order valence-corrected chi connectivity index (χ1v) is 8.68. The maximum absolute atomic E-state index is 12.6. The topological polar surface area (TPSA) is 55.1 Å². The molecule has 0 radical (unpaired) electrons. The summed E-state index contributed by atoms with van der Waals surface area (Å²) in [5.41, 5.74) is 2.89. The molecule has 5 heteroatoms. The van der Waals surface area contributed by atoms with Crippen molar-refractivity contribution in [3.63, 3.8) is 0 Å². The second kappa shape index (κ2) is 5.76. The number of thiophene rings is 1. The van der Waals surface area contributed by atoms with Gasteiger partial charge in [0.05, 0.1) is 5.56 Å². The molecule has 4 nitrogen and oxygen atoms in total. The van der Waals surface area contributed by atoms with E-state index in [1.54, 1.807) is 11.3 Å². The zero-order chi connectivity index (χ0) is 16.7. The van der Waals surface area contributed by atoms with Gasteiger partial charge in [0, 0.05) is 16.3 Å². The normalized spacial score (nSPS) is 11.5. The molecule has 0 aliphatic rings. The molecule has 0 bridgehead atoms. The average Bonchev–Trinajstić information content (AvgIpc) is 3.20. The summed E-state index contributed by atoms with van der Waals surface area (Å²) in [5.74, 6) is 0.818. The number of carbonyl (C=O) groups is 1. The van der Waals surface area contributed by atoms with Crippen molar-refractivity contribution in [3.8, 4) is 0 Å². The van der Waals surface area contributed by atoms with Crippen molar-refractivity contribution >= 4 is 44.1 Å². The number of rotatable bonds is 3. The third-order valence-corrected chi connectivity index (χ3v) is 4.84. The number of nitrogens with zero attached hydrogens (tertiary/aromatic N) is 1. The lowest BCUT2D eigenvalue weighted by Crippen LogP contribution is -2.11. The smallest absolute Gasteiger partial charge is 0.257 e. The fraction of sp³-hybridized carbons (Fsp3) is 0.158. The highest BCUT2D eigenvalue weighted by atomic mass is 32.1. The van der Waals surface area contributed by atoms with Crippen molar-refractivity contribution in [2.45, 2.75) is 19.8 Å². The standard InChI is InChI=1S/C19H16N2O2S/c1-11(2)19-21-15-10-13(6-7-16(15)23-19)20-18(22)14-5-3-4-12-8-9-24-17(12)14/h3-11H,1-2H3,(H,20,22). The number of oxazole rings is 1. The summed E-state index contributed by atoms with van der Waals surface area (Å²) in [6.07, 6.45) is 0. The van der Waals surface area contributed by atoms with Crippen LogP contribution in [0.2, 0.25) is 0 Å². The van der Waals surface area contributed by atoms with Gasteiger partial charge in [-0.3, -0.25) is 4.79 Å². The van der Waals surface area contributed by atoms with Gasteiger partial charge < -0.3 is 9.73 Å². The van der Waals surface area contributed by atoms with Gasteiger partial charge in [0.1, 0.15) is 5.52 Å². The summed E-state index contributed by atoms with van der Waals surface area (Å²) in [4.78, 5) is 17.1. The summed E-state index contributed by atoms with van der Waals surface area (Å²) in [5, 5.41) is 6.04. The molecule has 2 aromatic carbocycles. The molecular weight excluding hydrogens is 320 g/mol. The zero-order valence-corrected chi connectivity index (χ0v) is 14.2. The highest BCUT2D eigenvalue weighted by Crippen LogP contribution is 2.27. The van der Waals surface area contributed by atoms with Crippen molar-refractivity contribution in [2.24, 2.45) is 0 Å². The monoisotopic (exact) mass is 336 g/mol. The van der Waals surface area contributed by atoms with E-state index in [9.17, 15) is 4.79 Å². The van der Waals surface area contributed by atoms with Crippen LogP contribution in [0.3, 0.4) is 0 Å². The van der Waals surface area contributed by atoms with Crippen LogP contribution in [0, 0.1) is 0 Å². The van der Waals surface area contributed by atoms with Crippen molar-refractivity contribution in [3.05, 3.63) is 59.3 Å². The first-order valence-electron chi connectivity index (χ1n) is 7.80. The Morgan fingerprint density at radius 3 is 2.92 bits per heavy atom. The largest absolute Gasteiger partial charge is 0.440 e. The minimum Gasteiger partial charge on any atom is -0.440 e. The number of hydrogen-bond acceptors (Lipinski definition) is 4. The number of aromatic nitrogens is 1. The quantitative estimate of drug-likeness (QED) is 0.543. The van der Waals surface area contributed by atoms with E-state index in [1.165, 1.54) is 0 Å². The Balaban J connectivity index is 1.66. The number of fused-ring (bicyclic) bond motifs is 2. The second-order valence-electron chi connectivity index (χ2n) is 5.99. The molecule has 1 amide bonds. The molecule has 2 aromatic heterocycles. The Hall–Kier alpha value is -2.66. The third kappa shape index (κ3) is 2.57. The SMILES string of the molecule is CC(C)c1nc2cc(NC(=O)c3cccc4ccsc34)ccc2o1. The zero-order valence-electron chi connectivity index (χ0n) is 13.4. The fourth-order valence-corrected chi connectivity index (χ4v) is 3.55. The molecule has 120 valence electrons. The highest BCUT2D eigenvalue weighted by molar-refractivity contribution is 7.17. The van der Waals surface area contributed by atoms with Crippen molar-refractivity contribution < 1.29 is 9.21 Å². The van der Waals surface area contributed by atoms with Crippen LogP contribution in [-0.2, 0) is 0 Å². The maximum Gasteiger partial charge on any atom is 0.257 e. The predicted octanol–water partition coefficient (Wildman–Crippen LogP) is 5.42. The second-order valence-corrected chi connectivity index (χ2v) is 6.90. The van der Waals surface area contributed by atoms with Crippen LogP contribution in [-0.4, -0.2) is 10.9 Å². The van der Waals surface area contributed by atoms with E-state index in [2.05, 4.69) is 10.3 Å². The van der Waals surface area contributed by atoms with Crippen LogP contribution < -0.4 is 5.32 Å². The Bertz CT molecular complexity index is 1050. The Kier molecular flexibility index (Phi) is 3.58. The fourth-order valence-electron chi connectivity index (χ4n) is 2.64. The molecule has 24 heavy (non-hydrogen) atoms. The van der Waals surface area contributed by atoms with Gasteiger partial charge in [0.15, 0.2) is 11.5 Å². The highest BCUT2D eigenvalue weighted by Gasteiger charge is 2.13. The van der Waals surface area contributed by atoms with Gasteiger partial charge in [0.2, 0.25) is 0 Å². The lowest BCUT2D eigenvalue weighted by Gasteiger charge is -2.06. The Morgan fingerprint density at radius 2 is 2.08 bits per heavy atom. The molecule has 0 spiro atoms. The molecule has 1 N–H and O–H groups in total. The van der Waals surface area contributed by atoms with E-state index in [0.29, 0.717) is 17.1 Å². The average molecular weight is 336 g/mol. The van der Waals surface area contributed by atoms with Crippen LogP contribution in [0.25, 0.3) is 21.2 Å². The number of hydrogen-bond donors (Lipinski definition) is 1. The molecule has 0 aliphatic carbocycles. The molecule has 2 heterocycles. The van der Waals surface area contributed by atoms with E-state index in [4.69, 9.17) is 4.42 Å². The lowest BCUT2D eigenvalue weighted by molar-refractivity contribution is 0.102. The van der Waals surface area contributed by atoms with Crippen LogP contribution in [0.15, 0.2) is 52.3 Å². The van der Waals surface area contributed by atoms with Gasteiger partial charge in [-0.1, -0.05) is 26.0 Å². The van der Waals surface area contributed by atoms with Crippen molar-refractivity contribution in [2.75, 3.05) is 5.32 Å². The summed E-state index contributed by atoms with van der Waals surface area (Å²) < 4.78 is 6.70.